The number of phenols is 1. The molecule has 0 aliphatic heterocycles. The Balaban J connectivity index is 1.56. The molecular weight excluding hydrogens is 684 g/mol. The van der Waals surface area contributed by atoms with Crippen LogP contribution in [0.1, 0.15) is 66.1 Å². The fraction of sp³-hybridized carbons (Fsp3) is 0.311. The van der Waals surface area contributed by atoms with E-state index in [-0.39, 0.29) is 23.0 Å². The normalized spacial score (nSPS) is 16.7. The van der Waals surface area contributed by atoms with Crippen molar-refractivity contribution >= 4 is 16.8 Å². The minimum absolute atomic E-state index is 0.0990. The van der Waals surface area contributed by atoms with Gasteiger partial charge in [-0.05, 0) is 87.7 Å². The second-order valence-electron chi connectivity index (χ2n) is 13.8. The molecule has 0 spiro atoms. The number of methoxy groups -OCH3 is 6. The number of allylic oxidation sites excluding steroid dienone is 4. The van der Waals surface area contributed by atoms with Crippen molar-refractivity contribution < 1.29 is 42.7 Å². The molecule has 0 amide bonds. The number of furan rings is 1. The number of hydrogen-bond acceptors (Lipinski definition) is 9. The van der Waals surface area contributed by atoms with Crippen molar-refractivity contribution in [1.82, 2.24) is 0 Å². The van der Waals surface area contributed by atoms with E-state index in [1.807, 2.05) is 74.5 Å². The Bertz CT molecular complexity index is 2210. The Hall–Kier alpha value is -5.83. The van der Waals surface area contributed by atoms with Crippen molar-refractivity contribution in [3.8, 4) is 51.6 Å². The predicted molar refractivity (Wildman–Crippen MR) is 210 cm³/mol. The summed E-state index contributed by atoms with van der Waals surface area (Å²) in [7, 11) is 9.61. The Morgan fingerprint density at radius 1 is 0.778 bits per heavy atom. The third kappa shape index (κ3) is 7.23. The maximum atomic E-state index is 15.3. The van der Waals surface area contributed by atoms with Gasteiger partial charge in [0, 0.05) is 52.0 Å². The van der Waals surface area contributed by atoms with Gasteiger partial charge in [-0.15, -0.1) is 0 Å². The minimum Gasteiger partial charge on any atom is -0.507 e. The molecule has 0 bridgehead atoms. The topological polar surface area (TPSA) is 106 Å². The van der Waals surface area contributed by atoms with Crippen molar-refractivity contribution in [2.45, 2.75) is 45.4 Å². The molecule has 282 valence electrons. The molecule has 1 unspecified atom stereocenters. The Morgan fingerprint density at radius 3 is 2.06 bits per heavy atom. The number of rotatable bonds is 13. The van der Waals surface area contributed by atoms with E-state index in [2.05, 4.69) is 13.0 Å². The molecule has 1 aromatic heterocycles. The van der Waals surface area contributed by atoms with Crippen molar-refractivity contribution in [3.05, 3.63) is 112 Å². The van der Waals surface area contributed by atoms with E-state index in [0.717, 1.165) is 27.7 Å². The lowest BCUT2D eigenvalue weighted by Crippen LogP contribution is -2.32. The molecule has 1 heterocycles. The maximum Gasteiger partial charge on any atom is 0.171 e. The van der Waals surface area contributed by atoms with E-state index in [9.17, 15) is 5.11 Å². The molecule has 54 heavy (non-hydrogen) atoms. The zero-order valence-electron chi connectivity index (χ0n) is 32.4. The lowest BCUT2D eigenvalue weighted by atomic mass is 9.65. The molecule has 3 atom stereocenters. The van der Waals surface area contributed by atoms with Gasteiger partial charge in [0.05, 0.1) is 48.2 Å². The van der Waals surface area contributed by atoms with Gasteiger partial charge in [-0.25, -0.2) is 0 Å². The molecule has 9 nitrogen and oxygen atoms in total. The summed E-state index contributed by atoms with van der Waals surface area (Å²) in [4.78, 5) is 15.3. The van der Waals surface area contributed by atoms with Crippen LogP contribution in [0.5, 0.6) is 40.2 Å². The van der Waals surface area contributed by atoms with Crippen molar-refractivity contribution in [2.75, 3.05) is 42.7 Å². The number of carbonyl (C=O) groups is 1. The summed E-state index contributed by atoms with van der Waals surface area (Å²) in [6.07, 6.45) is 5.09. The van der Waals surface area contributed by atoms with E-state index in [4.69, 9.17) is 32.8 Å². The van der Waals surface area contributed by atoms with Crippen LogP contribution in [0, 0.1) is 5.92 Å². The largest absolute Gasteiger partial charge is 0.507 e. The number of benzene rings is 4. The Morgan fingerprint density at radius 2 is 1.43 bits per heavy atom. The van der Waals surface area contributed by atoms with Crippen LogP contribution in [-0.2, 0) is 6.42 Å². The summed E-state index contributed by atoms with van der Waals surface area (Å²) in [5.41, 5.74) is 5.89. The fourth-order valence-electron chi connectivity index (χ4n) is 7.62. The van der Waals surface area contributed by atoms with Gasteiger partial charge >= 0.3 is 0 Å². The standard InChI is InChI=1S/C45H48O9/c1-25(2)10-14-32-36(50-6)17-16-33(44(32)46)45(47)42-34(31-15-13-30(49-5)24-39(31)51-7)18-26(3)19-35(42)43-40(52-8)21-28(22-41(43)53-9)37-20-27-11-12-29(48-4)23-38(27)54-37/h10-13,15-17,19-24,34-35,42,46H,14,18H2,1-9H3/t34-,35?,42-/m1/s1. The Kier molecular flexibility index (Phi) is 11.3. The third-order valence-electron chi connectivity index (χ3n) is 10.3. The fourth-order valence-corrected chi connectivity index (χ4v) is 7.62. The smallest absolute Gasteiger partial charge is 0.171 e. The van der Waals surface area contributed by atoms with Gasteiger partial charge in [0.1, 0.15) is 51.6 Å². The van der Waals surface area contributed by atoms with Gasteiger partial charge in [0.15, 0.2) is 5.78 Å². The van der Waals surface area contributed by atoms with Crippen molar-refractivity contribution in [1.29, 1.82) is 0 Å². The van der Waals surface area contributed by atoms with Crippen LogP contribution < -0.4 is 28.4 Å². The van der Waals surface area contributed by atoms with Gasteiger partial charge < -0.3 is 37.9 Å². The molecular formula is C45H48O9. The number of ether oxygens (including phenoxy) is 6. The van der Waals surface area contributed by atoms with E-state index in [1.54, 1.807) is 54.8 Å². The van der Waals surface area contributed by atoms with E-state index in [0.29, 0.717) is 69.8 Å². The average molecular weight is 733 g/mol. The summed E-state index contributed by atoms with van der Waals surface area (Å²) < 4.78 is 41.0. The summed E-state index contributed by atoms with van der Waals surface area (Å²) in [6.45, 7) is 6.04. The van der Waals surface area contributed by atoms with E-state index in [1.165, 1.54) is 0 Å². The van der Waals surface area contributed by atoms with Crippen LogP contribution >= 0.6 is 0 Å². The first-order valence-corrected chi connectivity index (χ1v) is 17.8. The Labute approximate surface area is 316 Å². The SMILES string of the molecule is COc1ccc([C@H]2CC(C)=CC(c3c(OC)cc(-c4cc5ccc(OC)cc5o4)cc3OC)[C@@H]2C(=O)c2ccc(OC)c(CC=C(C)C)c2O)c(OC)c1. The molecule has 1 aliphatic rings. The summed E-state index contributed by atoms with van der Waals surface area (Å²) in [5, 5.41) is 12.8. The number of ketones is 1. The number of phenolic OH excluding ortho intramolecular Hbond substituents is 1. The highest BCUT2D eigenvalue weighted by atomic mass is 16.5. The third-order valence-corrected chi connectivity index (χ3v) is 10.3. The maximum absolute atomic E-state index is 15.3. The second kappa shape index (κ2) is 16.0. The van der Waals surface area contributed by atoms with Gasteiger partial charge in [-0.3, -0.25) is 4.79 Å². The first-order chi connectivity index (χ1) is 26.0. The molecule has 0 radical (unpaired) electrons. The van der Waals surface area contributed by atoms with Gasteiger partial charge in [0.25, 0.3) is 0 Å². The van der Waals surface area contributed by atoms with Crippen LogP contribution in [0.4, 0.5) is 0 Å². The first-order valence-electron chi connectivity index (χ1n) is 17.8. The second-order valence-corrected chi connectivity index (χ2v) is 13.8. The van der Waals surface area contributed by atoms with E-state index >= 15 is 4.79 Å². The minimum atomic E-state index is -0.723. The van der Waals surface area contributed by atoms with Gasteiger partial charge in [-0.1, -0.05) is 29.4 Å². The molecule has 5 aromatic rings. The molecule has 0 fully saturated rings. The average Bonchev–Trinajstić information content (AvgIpc) is 3.62. The molecule has 4 aromatic carbocycles. The zero-order chi connectivity index (χ0) is 38.7. The highest BCUT2D eigenvalue weighted by Crippen LogP contribution is 2.54. The quantitative estimate of drug-likeness (QED) is 0.0935. The summed E-state index contributed by atoms with van der Waals surface area (Å²) in [5.74, 6) is 2.16. The van der Waals surface area contributed by atoms with Crippen molar-refractivity contribution in [2.24, 2.45) is 5.92 Å². The number of Topliss-reactive ketones (excluding diaryl/α,β-unsaturated/α-hetero) is 1. The van der Waals surface area contributed by atoms with Crippen molar-refractivity contribution in [3.63, 3.8) is 0 Å². The van der Waals surface area contributed by atoms with Crippen LogP contribution in [0.2, 0.25) is 0 Å². The highest BCUT2D eigenvalue weighted by molar-refractivity contribution is 6.02. The van der Waals surface area contributed by atoms with Crippen LogP contribution in [0.25, 0.3) is 22.3 Å². The van der Waals surface area contributed by atoms with E-state index < -0.39 is 11.8 Å². The zero-order valence-corrected chi connectivity index (χ0v) is 32.4. The van der Waals surface area contributed by atoms with Crippen LogP contribution in [0.3, 0.4) is 0 Å². The lowest BCUT2D eigenvalue weighted by molar-refractivity contribution is 0.0876. The summed E-state index contributed by atoms with van der Waals surface area (Å²) >= 11 is 0. The molecule has 6 rings (SSSR count). The van der Waals surface area contributed by atoms with Crippen LogP contribution in [0.15, 0.2) is 94.4 Å². The molecule has 1 N–H and O–H groups in total. The lowest BCUT2D eigenvalue weighted by Gasteiger charge is -2.38. The predicted octanol–water partition coefficient (Wildman–Crippen LogP) is 10.1. The molecule has 9 heteroatoms. The van der Waals surface area contributed by atoms with Gasteiger partial charge in [0.2, 0.25) is 0 Å². The summed E-state index contributed by atoms with van der Waals surface area (Å²) in [6, 6.07) is 20.6. The molecule has 0 saturated heterocycles. The van der Waals surface area contributed by atoms with Crippen LogP contribution in [-0.4, -0.2) is 53.5 Å². The molecule has 0 saturated carbocycles. The van der Waals surface area contributed by atoms with Gasteiger partial charge in [-0.2, -0.15) is 0 Å². The number of carbonyl (C=O) groups excluding carboxylic acids is 1. The number of fused-ring (bicyclic) bond motifs is 1. The monoisotopic (exact) mass is 732 g/mol. The number of hydrogen-bond donors (Lipinski definition) is 1. The highest BCUT2D eigenvalue weighted by Gasteiger charge is 2.44. The first kappa shape index (κ1) is 37.9. The number of aromatic hydroxyl groups is 1. The molecule has 1 aliphatic carbocycles.